The van der Waals surface area contributed by atoms with Gasteiger partial charge in [0.15, 0.2) is 0 Å². The van der Waals surface area contributed by atoms with Gasteiger partial charge in [-0.2, -0.15) is 0 Å². The van der Waals surface area contributed by atoms with Crippen molar-refractivity contribution in [3.63, 3.8) is 0 Å². The van der Waals surface area contributed by atoms with E-state index < -0.39 is 0 Å². The van der Waals surface area contributed by atoms with E-state index in [0.717, 1.165) is 52.2 Å². The number of nitrogens with zero attached hydrogens (tertiary/aromatic N) is 1. The van der Waals surface area contributed by atoms with Crippen LogP contribution in [0.5, 0.6) is 0 Å². The molecule has 0 radical (unpaired) electrons. The van der Waals surface area contributed by atoms with Gasteiger partial charge < -0.3 is 10.1 Å². The lowest BCUT2D eigenvalue weighted by Gasteiger charge is -2.27. The SMILES string of the molecule is CCNCCc1ccccc1CN1CC=C(COC)CC1. The van der Waals surface area contributed by atoms with Crippen LogP contribution in [0, 0.1) is 0 Å². The highest BCUT2D eigenvalue weighted by molar-refractivity contribution is 5.27. The van der Waals surface area contributed by atoms with E-state index in [4.69, 9.17) is 4.74 Å². The van der Waals surface area contributed by atoms with Crippen molar-refractivity contribution in [3.05, 3.63) is 47.0 Å². The first-order valence-corrected chi connectivity index (χ1v) is 8.00. The van der Waals surface area contributed by atoms with Crippen molar-refractivity contribution < 1.29 is 4.74 Å². The van der Waals surface area contributed by atoms with Crippen LogP contribution >= 0.6 is 0 Å². The van der Waals surface area contributed by atoms with Crippen LogP contribution in [0.15, 0.2) is 35.9 Å². The molecule has 0 spiro atoms. The molecule has 1 heterocycles. The smallest absolute Gasteiger partial charge is 0.0673 e. The monoisotopic (exact) mass is 288 g/mol. The van der Waals surface area contributed by atoms with E-state index in [0.29, 0.717) is 0 Å². The molecule has 0 atom stereocenters. The number of hydrogen-bond donors (Lipinski definition) is 1. The minimum Gasteiger partial charge on any atom is -0.380 e. The Labute approximate surface area is 129 Å². The highest BCUT2D eigenvalue weighted by atomic mass is 16.5. The molecular formula is C18H28N2O. The van der Waals surface area contributed by atoms with Gasteiger partial charge in [-0.15, -0.1) is 0 Å². The van der Waals surface area contributed by atoms with Gasteiger partial charge in [0.2, 0.25) is 0 Å². The third-order valence-electron chi connectivity index (χ3n) is 4.05. The fourth-order valence-corrected chi connectivity index (χ4v) is 2.81. The van der Waals surface area contributed by atoms with Gasteiger partial charge in [0.25, 0.3) is 0 Å². The molecule has 1 aromatic rings. The van der Waals surface area contributed by atoms with Gasteiger partial charge >= 0.3 is 0 Å². The Hall–Kier alpha value is -1.16. The third kappa shape index (κ3) is 5.27. The van der Waals surface area contributed by atoms with E-state index in [1.165, 1.54) is 16.7 Å². The summed E-state index contributed by atoms with van der Waals surface area (Å²) >= 11 is 0. The van der Waals surface area contributed by atoms with Gasteiger partial charge in [-0.05, 0) is 42.6 Å². The fourth-order valence-electron chi connectivity index (χ4n) is 2.81. The van der Waals surface area contributed by atoms with E-state index in [-0.39, 0.29) is 0 Å². The largest absolute Gasteiger partial charge is 0.380 e. The molecule has 2 rings (SSSR count). The Morgan fingerprint density at radius 1 is 1.24 bits per heavy atom. The van der Waals surface area contributed by atoms with Crippen molar-refractivity contribution in [1.82, 2.24) is 10.2 Å². The molecule has 3 nitrogen and oxygen atoms in total. The maximum absolute atomic E-state index is 5.22. The van der Waals surface area contributed by atoms with Gasteiger partial charge in [0.1, 0.15) is 0 Å². The highest BCUT2D eigenvalue weighted by Crippen LogP contribution is 2.17. The van der Waals surface area contributed by atoms with Gasteiger partial charge in [-0.25, -0.2) is 0 Å². The summed E-state index contributed by atoms with van der Waals surface area (Å²) < 4.78 is 5.22. The molecule has 0 aliphatic carbocycles. The molecule has 1 aromatic carbocycles. The van der Waals surface area contributed by atoms with Gasteiger partial charge in [0.05, 0.1) is 6.61 Å². The summed E-state index contributed by atoms with van der Waals surface area (Å²) in [6, 6.07) is 8.85. The molecule has 0 aromatic heterocycles. The summed E-state index contributed by atoms with van der Waals surface area (Å²) in [4.78, 5) is 2.52. The second kappa shape index (κ2) is 8.98. The lowest BCUT2D eigenvalue weighted by atomic mass is 10.0. The number of likely N-dealkylation sites (N-methyl/N-ethyl adjacent to an activating group) is 1. The maximum atomic E-state index is 5.22. The maximum Gasteiger partial charge on any atom is 0.0673 e. The third-order valence-corrected chi connectivity index (χ3v) is 4.05. The normalized spacial score (nSPS) is 16.0. The highest BCUT2D eigenvalue weighted by Gasteiger charge is 2.13. The fraction of sp³-hybridized carbons (Fsp3) is 0.556. The first kappa shape index (κ1) is 16.2. The van der Waals surface area contributed by atoms with Crippen LogP contribution in [-0.2, 0) is 17.7 Å². The predicted octanol–water partition coefficient (Wildman–Crippen LogP) is 2.62. The number of benzene rings is 1. The van der Waals surface area contributed by atoms with Crippen LogP contribution < -0.4 is 5.32 Å². The van der Waals surface area contributed by atoms with Crippen molar-refractivity contribution in [2.24, 2.45) is 0 Å². The van der Waals surface area contributed by atoms with E-state index in [9.17, 15) is 0 Å². The molecule has 116 valence electrons. The molecule has 0 bridgehead atoms. The number of nitrogens with one attached hydrogen (secondary N) is 1. The first-order chi connectivity index (χ1) is 10.3. The summed E-state index contributed by atoms with van der Waals surface area (Å²) in [6.45, 7) is 8.28. The minimum absolute atomic E-state index is 0.785. The van der Waals surface area contributed by atoms with E-state index in [2.05, 4.69) is 47.5 Å². The second-order valence-corrected chi connectivity index (χ2v) is 5.65. The van der Waals surface area contributed by atoms with Crippen LogP contribution in [0.4, 0.5) is 0 Å². The zero-order valence-corrected chi connectivity index (χ0v) is 13.4. The molecular weight excluding hydrogens is 260 g/mol. The lowest BCUT2D eigenvalue weighted by Crippen LogP contribution is -2.29. The Morgan fingerprint density at radius 3 is 2.71 bits per heavy atom. The van der Waals surface area contributed by atoms with Crippen LogP contribution in [-0.4, -0.2) is 44.8 Å². The summed E-state index contributed by atoms with van der Waals surface area (Å²) in [7, 11) is 1.77. The van der Waals surface area contributed by atoms with E-state index in [1.807, 2.05) is 0 Å². The average molecular weight is 288 g/mol. The molecule has 3 heteroatoms. The minimum atomic E-state index is 0.785. The van der Waals surface area contributed by atoms with Crippen LogP contribution in [0.25, 0.3) is 0 Å². The zero-order chi connectivity index (χ0) is 14.9. The topological polar surface area (TPSA) is 24.5 Å². The summed E-state index contributed by atoms with van der Waals surface area (Å²) in [5.41, 5.74) is 4.39. The van der Waals surface area contributed by atoms with Gasteiger partial charge in [-0.3, -0.25) is 4.90 Å². The molecule has 0 saturated carbocycles. The standard InChI is InChI=1S/C18H28N2O/c1-3-19-11-8-17-6-4-5-7-18(17)14-20-12-9-16(10-13-20)15-21-2/h4-7,9,19H,3,8,10-15H2,1-2H3. The lowest BCUT2D eigenvalue weighted by molar-refractivity contribution is 0.210. The number of methoxy groups -OCH3 is 1. The van der Waals surface area contributed by atoms with Crippen molar-refractivity contribution in [3.8, 4) is 0 Å². The molecule has 1 aliphatic rings. The van der Waals surface area contributed by atoms with E-state index in [1.54, 1.807) is 7.11 Å². The van der Waals surface area contributed by atoms with Crippen LogP contribution in [0.1, 0.15) is 24.5 Å². The molecule has 0 saturated heterocycles. The van der Waals surface area contributed by atoms with Crippen LogP contribution in [0.3, 0.4) is 0 Å². The molecule has 1 N–H and O–H groups in total. The molecule has 1 aliphatic heterocycles. The Bertz CT molecular complexity index is 456. The second-order valence-electron chi connectivity index (χ2n) is 5.65. The van der Waals surface area contributed by atoms with E-state index >= 15 is 0 Å². The van der Waals surface area contributed by atoms with Crippen molar-refractivity contribution in [1.29, 1.82) is 0 Å². The molecule has 21 heavy (non-hydrogen) atoms. The Kier molecular flexibility index (Phi) is 6.93. The quantitative estimate of drug-likeness (QED) is 0.588. The van der Waals surface area contributed by atoms with Crippen LogP contribution in [0.2, 0.25) is 0 Å². The van der Waals surface area contributed by atoms with Crippen molar-refractivity contribution in [2.45, 2.75) is 26.3 Å². The summed E-state index contributed by atoms with van der Waals surface area (Å²) in [5.74, 6) is 0. The molecule has 0 unspecified atom stereocenters. The number of ether oxygens (including phenoxy) is 1. The predicted molar refractivity (Wildman–Crippen MR) is 88.5 cm³/mol. The molecule has 0 fully saturated rings. The number of rotatable bonds is 8. The first-order valence-electron chi connectivity index (χ1n) is 8.00. The summed E-state index contributed by atoms with van der Waals surface area (Å²) in [5, 5.41) is 3.41. The average Bonchev–Trinajstić information content (AvgIpc) is 2.51. The summed E-state index contributed by atoms with van der Waals surface area (Å²) in [6.07, 6.45) is 4.57. The Balaban J connectivity index is 1.91. The Morgan fingerprint density at radius 2 is 2.05 bits per heavy atom. The van der Waals surface area contributed by atoms with Crippen molar-refractivity contribution >= 4 is 0 Å². The molecule has 0 amide bonds. The number of hydrogen-bond acceptors (Lipinski definition) is 3. The zero-order valence-electron chi connectivity index (χ0n) is 13.4. The van der Waals surface area contributed by atoms with Gasteiger partial charge in [-0.1, -0.05) is 37.3 Å². The van der Waals surface area contributed by atoms with Crippen molar-refractivity contribution in [2.75, 3.05) is 39.9 Å². The van der Waals surface area contributed by atoms with Gasteiger partial charge in [0, 0.05) is 26.7 Å².